The van der Waals surface area contributed by atoms with Crippen LogP contribution in [0.3, 0.4) is 0 Å². The third kappa shape index (κ3) is 3.33. The van der Waals surface area contributed by atoms with Gasteiger partial charge in [-0.15, -0.1) is 0 Å². The quantitative estimate of drug-likeness (QED) is 0.679. The van der Waals surface area contributed by atoms with Crippen molar-refractivity contribution >= 4 is 7.60 Å². The molecule has 5 nitrogen and oxygen atoms in total. The van der Waals surface area contributed by atoms with Gasteiger partial charge in [0.2, 0.25) is 0 Å². The number of hydrogen-bond donors (Lipinski definition) is 0. The average molecular weight is 224 g/mol. The van der Waals surface area contributed by atoms with Crippen molar-refractivity contribution in [2.24, 2.45) is 0 Å². The van der Waals surface area contributed by atoms with E-state index in [2.05, 4.69) is 0 Å². The Labute approximate surface area is 84.2 Å². The van der Waals surface area contributed by atoms with E-state index >= 15 is 0 Å². The monoisotopic (exact) mass is 224 g/mol. The molecule has 0 radical (unpaired) electrons. The molecule has 0 aromatic heterocycles. The van der Waals surface area contributed by atoms with Crippen molar-refractivity contribution in [2.45, 2.75) is 25.7 Å². The van der Waals surface area contributed by atoms with Crippen LogP contribution in [0.15, 0.2) is 0 Å². The topological polar surface area (TPSA) is 54.0 Å². The van der Waals surface area contributed by atoms with Crippen molar-refractivity contribution in [2.75, 3.05) is 27.0 Å². The summed E-state index contributed by atoms with van der Waals surface area (Å²) < 4.78 is 32.0. The van der Waals surface area contributed by atoms with Crippen LogP contribution in [-0.4, -0.2) is 39.4 Å². The van der Waals surface area contributed by atoms with Gasteiger partial charge in [0.05, 0.1) is 12.7 Å². The SMILES string of the molecule is COP(=O)(CC1OCCC(C)O1)OC. The molecule has 0 N–H and O–H groups in total. The Hall–Kier alpha value is 0.0700. The normalized spacial score (nSPS) is 29.1. The van der Waals surface area contributed by atoms with Gasteiger partial charge >= 0.3 is 7.60 Å². The van der Waals surface area contributed by atoms with Crippen molar-refractivity contribution < 1.29 is 23.1 Å². The van der Waals surface area contributed by atoms with Crippen LogP contribution in [0.2, 0.25) is 0 Å². The highest BCUT2D eigenvalue weighted by molar-refractivity contribution is 7.53. The Balaban J connectivity index is 2.46. The molecule has 1 heterocycles. The van der Waals surface area contributed by atoms with Crippen LogP contribution in [-0.2, 0) is 23.1 Å². The Kier molecular flexibility index (Phi) is 4.54. The lowest BCUT2D eigenvalue weighted by Gasteiger charge is -2.29. The van der Waals surface area contributed by atoms with Crippen LogP contribution < -0.4 is 0 Å². The lowest BCUT2D eigenvalue weighted by atomic mass is 10.3. The zero-order chi connectivity index (χ0) is 10.6. The molecule has 0 spiro atoms. The van der Waals surface area contributed by atoms with E-state index in [0.29, 0.717) is 6.61 Å². The van der Waals surface area contributed by atoms with Gasteiger partial charge in [0.15, 0.2) is 6.29 Å². The molecule has 1 fully saturated rings. The van der Waals surface area contributed by atoms with Crippen molar-refractivity contribution in [1.29, 1.82) is 0 Å². The van der Waals surface area contributed by atoms with Crippen LogP contribution in [0, 0.1) is 0 Å². The molecule has 1 rings (SSSR count). The minimum Gasteiger partial charge on any atom is -0.352 e. The van der Waals surface area contributed by atoms with E-state index < -0.39 is 13.9 Å². The Morgan fingerprint density at radius 2 is 2.07 bits per heavy atom. The maximum absolute atomic E-state index is 11.7. The summed E-state index contributed by atoms with van der Waals surface area (Å²) in [6.07, 6.45) is 0.658. The summed E-state index contributed by atoms with van der Waals surface area (Å²) >= 11 is 0. The summed E-state index contributed by atoms with van der Waals surface area (Å²) in [4.78, 5) is 0. The fourth-order valence-corrected chi connectivity index (χ4v) is 2.24. The summed E-state index contributed by atoms with van der Waals surface area (Å²) in [6.45, 7) is 2.58. The van der Waals surface area contributed by atoms with Crippen molar-refractivity contribution in [3.05, 3.63) is 0 Å². The van der Waals surface area contributed by atoms with Gasteiger partial charge in [0, 0.05) is 14.2 Å². The Bertz CT molecular complexity index is 212. The van der Waals surface area contributed by atoms with Crippen molar-refractivity contribution in [3.63, 3.8) is 0 Å². The predicted molar refractivity (Wildman–Crippen MR) is 51.4 cm³/mol. The molecule has 14 heavy (non-hydrogen) atoms. The van der Waals surface area contributed by atoms with Gasteiger partial charge in [-0.3, -0.25) is 4.57 Å². The second-order valence-corrected chi connectivity index (χ2v) is 5.51. The molecule has 1 saturated heterocycles. The summed E-state index contributed by atoms with van der Waals surface area (Å²) in [5.74, 6) is 0. The summed E-state index contributed by atoms with van der Waals surface area (Å²) in [5, 5.41) is 0. The molecule has 84 valence electrons. The first-order valence-electron chi connectivity index (χ1n) is 4.57. The minimum atomic E-state index is -3.03. The average Bonchev–Trinajstić information content (AvgIpc) is 2.18. The number of ether oxygens (including phenoxy) is 2. The molecular formula is C8H17O5P. The van der Waals surface area contributed by atoms with Gasteiger partial charge in [-0.1, -0.05) is 0 Å². The highest BCUT2D eigenvalue weighted by Gasteiger charge is 2.30. The molecule has 0 saturated carbocycles. The molecule has 2 atom stereocenters. The first-order valence-corrected chi connectivity index (χ1v) is 6.30. The number of rotatable bonds is 4. The standard InChI is InChI=1S/C8H17O5P/c1-7-4-5-12-8(13-7)6-14(9,10-2)11-3/h7-8H,4-6H2,1-3H3. The maximum Gasteiger partial charge on any atom is 0.335 e. The lowest BCUT2D eigenvalue weighted by Crippen LogP contribution is -2.33. The fraction of sp³-hybridized carbons (Fsp3) is 1.00. The van der Waals surface area contributed by atoms with Gasteiger partial charge in [-0.2, -0.15) is 0 Å². The molecule has 0 aromatic rings. The van der Waals surface area contributed by atoms with E-state index in [1.807, 2.05) is 6.92 Å². The predicted octanol–water partition coefficient (Wildman–Crippen LogP) is 1.62. The molecule has 2 unspecified atom stereocenters. The smallest absolute Gasteiger partial charge is 0.335 e. The second-order valence-electron chi connectivity index (χ2n) is 3.19. The molecule has 1 aliphatic rings. The molecule has 1 aliphatic heterocycles. The number of hydrogen-bond acceptors (Lipinski definition) is 5. The molecule has 6 heteroatoms. The van der Waals surface area contributed by atoms with Crippen LogP contribution in [0.5, 0.6) is 0 Å². The van der Waals surface area contributed by atoms with Gasteiger partial charge in [-0.05, 0) is 13.3 Å². The van der Waals surface area contributed by atoms with E-state index in [-0.39, 0.29) is 12.3 Å². The molecule has 0 amide bonds. The van der Waals surface area contributed by atoms with E-state index in [0.717, 1.165) is 6.42 Å². The second kappa shape index (κ2) is 5.24. The maximum atomic E-state index is 11.7. The first kappa shape index (κ1) is 12.1. The fourth-order valence-electron chi connectivity index (χ4n) is 1.23. The van der Waals surface area contributed by atoms with E-state index in [4.69, 9.17) is 18.5 Å². The molecular weight excluding hydrogens is 207 g/mol. The highest BCUT2D eigenvalue weighted by atomic mass is 31.2. The van der Waals surface area contributed by atoms with Crippen LogP contribution >= 0.6 is 7.60 Å². The largest absolute Gasteiger partial charge is 0.352 e. The van der Waals surface area contributed by atoms with Gasteiger partial charge in [0.1, 0.15) is 6.16 Å². The summed E-state index contributed by atoms with van der Waals surface area (Å²) in [5.41, 5.74) is 0. The molecule has 0 aromatic carbocycles. The molecule has 0 aliphatic carbocycles. The minimum absolute atomic E-state index is 0.135. The summed E-state index contributed by atoms with van der Waals surface area (Å²) in [7, 11) is -0.311. The van der Waals surface area contributed by atoms with Crippen LogP contribution in [0.25, 0.3) is 0 Å². The van der Waals surface area contributed by atoms with Crippen molar-refractivity contribution in [1.82, 2.24) is 0 Å². The Morgan fingerprint density at radius 1 is 1.43 bits per heavy atom. The van der Waals surface area contributed by atoms with Crippen molar-refractivity contribution in [3.8, 4) is 0 Å². The summed E-state index contributed by atoms with van der Waals surface area (Å²) in [6, 6.07) is 0. The highest BCUT2D eigenvalue weighted by Crippen LogP contribution is 2.47. The lowest BCUT2D eigenvalue weighted by molar-refractivity contribution is -0.196. The first-order chi connectivity index (χ1) is 6.59. The van der Waals surface area contributed by atoms with E-state index in [1.54, 1.807) is 0 Å². The molecule has 0 bridgehead atoms. The third-order valence-electron chi connectivity index (χ3n) is 2.14. The third-order valence-corrected chi connectivity index (χ3v) is 4.00. The van der Waals surface area contributed by atoms with Crippen LogP contribution in [0.4, 0.5) is 0 Å². The van der Waals surface area contributed by atoms with Gasteiger partial charge in [0.25, 0.3) is 0 Å². The van der Waals surface area contributed by atoms with Crippen LogP contribution in [0.1, 0.15) is 13.3 Å². The van der Waals surface area contributed by atoms with Gasteiger partial charge < -0.3 is 18.5 Å². The van der Waals surface area contributed by atoms with Gasteiger partial charge in [-0.25, -0.2) is 0 Å². The van der Waals surface area contributed by atoms with E-state index in [9.17, 15) is 4.57 Å². The zero-order valence-corrected chi connectivity index (χ0v) is 9.66. The Morgan fingerprint density at radius 3 is 2.57 bits per heavy atom. The zero-order valence-electron chi connectivity index (χ0n) is 8.76. The van der Waals surface area contributed by atoms with E-state index in [1.165, 1.54) is 14.2 Å².